The molecule has 1 N–H and O–H groups in total. The fourth-order valence-electron chi connectivity index (χ4n) is 3.00. The third kappa shape index (κ3) is 4.32. The summed E-state index contributed by atoms with van der Waals surface area (Å²) < 4.78 is 7.10. The number of ether oxygens (including phenoxy) is 1. The number of fused-ring (bicyclic) bond motifs is 1. The summed E-state index contributed by atoms with van der Waals surface area (Å²) in [4.78, 5) is 29.1. The second kappa shape index (κ2) is 7.98. The lowest BCUT2D eigenvalue weighted by molar-refractivity contribution is -0.116. The summed E-state index contributed by atoms with van der Waals surface area (Å²) in [5.41, 5.74) is 2.10. The van der Waals surface area contributed by atoms with Gasteiger partial charge in [0, 0.05) is 5.69 Å². The molecule has 0 aliphatic heterocycles. The Hall–Kier alpha value is -3.93. The van der Waals surface area contributed by atoms with Gasteiger partial charge >= 0.3 is 0 Å². The number of rotatable bonds is 5. The van der Waals surface area contributed by atoms with Gasteiger partial charge in [-0.05, 0) is 61.0 Å². The first-order valence-electron chi connectivity index (χ1n) is 9.17. The van der Waals surface area contributed by atoms with E-state index in [1.165, 1.54) is 10.9 Å². The van der Waals surface area contributed by atoms with E-state index in [1.807, 2.05) is 37.3 Å². The van der Waals surface area contributed by atoms with Crippen LogP contribution in [0, 0.1) is 6.92 Å². The number of nitrogens with zero attached hydrogens (tertiary/aromatic N) is 2. The molecule has 1 aromatic heterocycles. The number of benzene rings is 3. The van der Waals surface area contributed by atoms with Crippen LogP contribution in [0.5, 0.6) is 11.5 Å². The highest BCUT2D eigenvalue weighted by Crippen LogP contribution is 2.23. The monoisotopic (exact) mass is 385 g/mol. The Morgan fingerprint density at radius 2 is 1.79 bits per heavy atom. The first-order chi connectivity index (χ1) is 14.1. The van der Waals surface area contributed by atoms with Crippen LogP contribution in [0.2, 0.25) is 0 Å². The van der Waals surface area contributed by atoms with Crippen molar-refractivity contribution in [3.8, 4) is 11.5 Å². The van der Waals surface area contributed by atoms with E-state index in [0.29, 0.717) is 22.3 Å². The van der Waals surface area contributed by atoms with E-state index in [-0.39, 0.29) is 18.0 Å². The minimum atomic E-state index is -0.309. The highest BCUT2D eigenvalue weighted by atomic mass is 16.5. The van der Waals surface area contributed by atoms with Crippen LogP contribution in [-0.2, 0) is 11.3 Å². The Morgan fingerprint density at radius 1 is 1.00 bits per heavy atom. The van der Waals surface area contributed by atoms with Crippen molar-refractivity contribution in [1.82, 2.24) is 9.55 Å². The Morgan fingerprint density at radius 3 is 2.59 bits per heavy atom. The first kappa shape index (κ1) is 18.4. The lowest BCUT2D eigenvalue weighted by atomic mass is 10.2. The zero-order chi connectivity index (χ0) is 20.2. The summed E-state index contributed by atoms with van der Waals surface area (Å²) in [5, 5.41) is 3.27. The van der Waals surface area contributed by atoms with E-state index < -0.39 is 0 Å². The number of amides is 1. The molecule has 0 saturated heterocycles. The number of para-hydroxylation sites is 1. The van der Waals surface area contributed by atoms with Crippen LogP contribution in [0.3, 0.4) is 0 Å². The van der Waals surface area contributed by atoms with E-state index in [1.54, 1.807) is 42.5 Å². The number of aromatic nitrogens is 2. The van der Waals surface area contributed by atoms with Gasteiger partial charge in [-0.2, -0.15) is 0 Å². The Bertz CT molecular complexity index is 1230. The van der Waals surface area contributed by atoms with Crippen molar-refractivity contribution in [2.75, 3.05) is 5.32 Å². The Labute approximate surface area is 167 Å². The van der Waals surface area contributed by atoms with Gasteiger partial charge < -0.3 is 10.1 Å². The highest BCUT2D eigenvalue weighted by molar-refractivity contribution is 5.90. The molecule has 1 amide bonds. The molecule has 0 aliphatic carbocycles. The topological polar surface area (TPSA) is 73.2 Å². The predicted molar refractivity (Wildman–Crippen MR) is 112 cm³/mol. The summed E-state index contributed by atoms with van der Waals surface area (Å²) in [6.45, 7) is 1.89. The van der Waals surface area contributed by atoms with Crippen molar-refractivity contribution in [3.63, 3.8) is 0 Å². The third-order valence-electron chi connectivity index (χ3n) is 4.41. The minimum Gasteiger partial charge on any atom is -0.457 e. The van der Waals surface area contributed by atoms with Crippen molar-refractivity contribution in [1.29, 1.82) is 0 Å². The van der Waals surface area contributed by atoms with Crippen molar-refractivity contribution < 1.29 is 9.53 Å². The van der Waals surface area contributed by atoms with Crippen LogP contribution in [0.25, 0.3) is 10.9 Å². The zero-order valence-electron chi connectivity index (χ0n) is 15.8. The summed E-state index contributed by atoms with van der Waals surface area (Å²) in [7, 11) is 0. The number of hydrogen-bond acceptors (Lipinski definition) is 4. The fraction of sp³-hybridized carbons (Fsp3) is 0.0870. The fourth-order valence-corrected chi connectivity index (χ4v) is 3.00. The molecule has 4 rings (SSSR count). The van der Waals surface area contributed by atoms with E-state index in [2.05, 4.69) is 10.3 Å². The molecule has 29 heavy (non-hydrogen) atoms. The van der Waals surface area contributed by atoms with Crippen LogP contribution in [0.15, 0.2) is 83.9 Å². The van der Waals surface area contributed by atoms with E-state index in [4.69, 9.17) is 4.74 Å². The van der Waals surface area contributed by atoms with Gasteiger partial charge in [-0.1, -0.05) is 24.3 Å². The molecule has 0 bridgehead atoms. The SMILES string of the molecule is Cc1cccc(Oc2ccc(NC(=O)Cn3cnc4ccccc4c3=O)cc2)c1. The van der Waals surface area contributed by atoms with E-state index in [9.17, 15) is 9.59 Å². The van der Waals surface area contributed by atoms with Gasteiger partial charge in [-0.25, -0.2) is 4.98 Å². The molecule has 4 aromatic rings. The van der Waals surface area contributed by atoms with Gasteiger partial charge in [0.25, 0.3) is 5.56 Å². The standard InChI is InChI=1S/C23H19N3O3/c1-16-5-4-6-19(13-16)29-18-11-9-17(10-12-18)25-22(27)14-26-15-24-21-8-3-2-7-20(21)23(26)28/h2-13,15H,14H2,1H3,(H,25,27). The number of anilines is 1. The van der Waals surface area contributed by atoms with Crippen molar-refractivity contribution in [2.24, 2.45) is 0 Å². The summed E-state index contributed by atoms with van der Waals surface area (Å²) in [6, 6.07) is 21.9. The lowest BCUT2D eigenvalue weighted by Crippen LogP contribution is -2.27. The molecule has 0 fully saturated rings. The molecule has 6 heteroatoms. The molecular weight excluding hydrogens is 366 g/mol. The maximum atomic E-state index is 12.5. The van der Waals surface area contributed by atoms with Crippen molar-refractivity contribution >= 4 is 22.5 Å². The molecule has 0 unspecified atom stereocenters. The molecule has 6 nitrogen and oxygen atoms in total. The van der Waals surface area contributed by atoms with Crippen LogP contribution < -0.4 is 15.6 Å². The molecule has 3 aromatic carbocycles. The number of carbonyl (C=O) groups excluding carboxylic acids is 1. The quantitative estimate of drug-likeness (QED) is 0.560. The lowest BCUT2D eigenvalue weighted by Gasteiger charge is -2.10. The van der Waals surface area contributed by atoms with Crippen molar-refractivity contribution in [2.45, 2.75) is 13.5 Å². The van der Waals surface area contributed by atoms with Gasteiger partial charge in [0.15, 0.2) is 0 Å². The Balaban J connectivity index is 1.42. The van der Waals surface area contributed by atoms with Crippen LogP contribution >= 0.6 is 0 Å². The average molecular weight is 385 g/mol. The third-order valence-corrected chi connectivity index (χ3v) is 4.41. The van der Waals surface area contributed by atoms with Gasteiger partial charge in [0.1, 0.15) is 18.0 Å². The average Bonchev–Trinajstić information content (AvgIpc) is 2.72. The van der Waals surface area contributed by atoms with Crippen LogP contribution in [0.4, 0.5) is 5.69 Å². The van der Waals surface area contributed by atoms with E-state index >= 15 is 0 Å². The zero-order valence-corrected chi connectivity index (χ0v) is 15.8. The predicted octanol–water partition coefficient (Wildman–Crippen LogP) is 4.14. The normalized spacial score (nSPS) is 10.7. The molecule has 0 radical (unpaired) electrons. The van der Waals surface area contributed by atoms with Crippen molar-refractivity contribution in [3.05, 3.63) is 95.0 Å². The summed E-state index contributed by atoms with van der Waals surface area (Å²) in [6.07, 6.45) is 1.39. The summed E-state index contributed by atoms with van der Waals surface area (Å²) >= 11 is 0. The highest BCUT2D eigenvalue weighted by Gasteiger charge is 2.08. The van der Waals surface area contributed by atoms with Crippen LogP contribution in [0.1, 0.15) is 5.56 Å². The van der Waals surface area contributed by atoms with Gasteiger partial charge in [-0.15, -0.1) is 0 Å². The molecule has 0 saturated carbocycles. The van der Waals surface area contributed by atoms with Gasteiger partial charge in [0.05, 0.1) is 17.2 Å². The largest absolute Gasteiger partial charge is 0.457 e. The number of nitrogens with one attached hydrogen (secondary N) is 1. The van der Waals surface area contributed by atoms with Crippen LogP contribution in [-0.4, -0.2) is 15.5 Å². The molecular formula is C23H19N3O3. The first-order valence-corrected chi connectivity index (χ1v) is 9.17. The number of hydrogen-bond donors (Lipinski definition) is 1. The van der Waals surface area contributed by atoms with Gasteiger partial charge in [-0.3, -0.25) is 14.2 Å². The van der Waals surface area contributed by atoms with E-state index in [0.717, 1.165) is 11.3 Å². The molecule has 0 aliphatic rings. The number of aryl methyl sites for hydroxylation is 1. The maximum absolute atomic E-state index is 12.5. The number of carbonyl (C=O) groups is 1. The summed E-state index contributed by atoms with van der Waals surface area (Å²) in [5.74, 6) is 1.12. The molecule has 144 valence electrons. The van der Waals surface area contributed by atoms with Gasteiger partial charge in [0.2, 0.25) is 5.91 Å². The molecule has 1 heterocycles. The minimum absolute atomic E-state index is 0.113. The molecule has 0 atom stereocenters. The maximum Gasteiger partial charge on any atom is 0.261 e. The second-order valence-corrected chi connectivity index (χ2v) is 6.69. The Kier molecular flexibility index (Phi) is 5.07. The molecule has 0 spiro atoms. The smallest absolute Gasteiger partial charge is 0.261 e. The second-order valence-electron chi connectivity index (χ2n) is 6.69.